The van der Waals surface area contributed by atoms with Crippen LogP contribution in [-0.4, -0.2) is 4.95 Å². The number of benzene rings is 1. The van der Waals surface area contributed by atoms with Crippen molar-refractivity contribution in [2.24, 2.45) is 0 Å². The molecule has 0 aromatic heterocycles. The van der Waals surface area contributed by atoms with Crippen LogP contribution in [0.3, 0.4) is 0 Å². The van der Waals surface area contributed by atoms with Gasteiger partial charge < -0.3 is 11.1 Å². The number of nitrogens with one attached hydrogen (secondary N) is 1. The molecule has 58 valence electrons. The monoisotopic (exact) mass is 212 g/mol. The largest absolute Gasteiger partial charge is 0.399 e. The highest BCUT2D eigenvalue weighted by Crippen LogP contribution is 2.29. The highest BCUT2D eigenvalue weighted by Gasteiger charge is 2.16. The molecule has 1 unspecified atom stereocenters. The van der Waals surface area contributed by atoms with Crippen molar-refractivity contribution in [3.05, 3.63) is 23.8 Å². The molecule has 1 heterocycles. The minimum Gasteiger partial charge on any atom is -0.399 e. The van der Waals surface area contributed by atoms with Crippen LogP contribution in [0.1, 0.15) is 5.56 Å². The van der Waals surface area contributed by atoms with Gasteiger partial charge in [0.15, 0.2) is 0 Å². The van der Waals surface area contributed by atoms with Crippen LogP contribution in [0.2, 0.25) is 0 Å². The van der Waals surface area contributed by atoms with Crippen molar-refractivity contribution >= 4 is 27.3 Å². The molecule has 1 aliphatic heterocycles. The van der Waals surface area contributed by atoms with Crippen molar-refractivity contribution in [2.45, 2.75) is 11.4 Å². The molecule has 0 saturated carbocycles. The van der Waals surface area contributed by atoms with E-state index in [2.05, 4.69) is 27.3 Å². The van der Waals surface area contributed by atoms with Crippen LogP contribution >= 0.6 is 15.9 Å². The standard InChI is InChI=1S/C8H9BrN2/c9-8-3-5-1-2-6(10)4-7(5)11-8/h1-2,4,8,11H,3,10H2. The van der Waals surface area contributed by atoms with E-state index in [-0.39, 0.29) is 0 Å². The van der Waals surface area contributed by atoms with E-state index >= 15 is 0 Å². The van der Waals surface area contributed by atoms with Gasteiger partial charge in [0.05, 0.1) is 4.95 Å². The Balaban J connectivity index is 2.43. The first-order chi connectivity index (χ1) is 5.25. The molecule has 1 atom stereocenters. The molecule has 3 heteroatoms. The van der Waals surface area contributed by atoms with Gasteiger partial charge in [-0.1, -0.05) is 22.0 Å². The number of hydrogen-bond acceptors (Lipinski definition) is 2. The van der Waals surface area contributed by atoms with E-state index in [1.807, 2.05) is 12.1 Å². The topological polar surface area (TPSA) is 38.0 Å². The van der Waals surface area contributed by atoms with Gasteiger partial charge in [0.25, 0.3) is 0 Å². The SMILES string of the molecule is Nc1ccc2c(c1)NC(Br)C2. The predicted octanol–water partition coefficient (Wildman–Crippen LogP) is 1.96. The minimum atomic E-state index is 0.374. The highest BCUT2D eigenvalue weighted by molar-refractivity contribution is 9.09. The average Bonchev–Trinajstić information content (AvgIpc) is 2.27. The number of fused-ring (bicyclic) bond motifs is 1. The zero-order valence-corrected chi connectivity index (χ0v) is 7.56. The lowest BCUT2D eigenvalue weighted by atomic mass is 10.1. The van der Waals surface area contributed by atoms with Crippen LogP contribution in [0.15, 0.2) is 18.2 Å². The number of nitrogens with two attached hydrogens (primary N) is 1. The molecule has 11 heavy (non-hydrogen) atoms. The van der Waals surface area contributed by atoms with E-state index in [0.29, 0.717) is 4.95 Å². The Morgan fingerprint density at radius 1 is 1.55 bits per heavy atom. The number of halogens is 1. The fourth-order valence-electron chi connectivity index (χ4n) is 1.32. The van der Waals surface area contributed by atoms with Gasteiger partial charge in [0, 0.05) is 17.8 Å². The van der Waals surface area contributed by atoms with Crippen LogP contribution in [0.5, 0.6) is 0 Å². The maximum Gasteiger partial charge on any atom is 0.0859 e. The van der Waals surface area contributed by atoms with E-state index in [1.165, 1.54) is 5.56 Å². The second kappa shape index (κ2) is 2.41. The van der Waals surface area contributed by atoms with Gasteiger partial charge in [0.1, 0.15) is 0 Å². The maximum atomic E-state index is 5.62. The third-order valence-electron chi connectivity index (χ3n) is 1.85. The number of rotatable bonds is 0. The molecule has 1 aliphatic rings. The van der Waals surface area contributed by atoms with Gasteiger partial charge in [-0.2, -0.15) is 0 Å². The molecule has 0 spiro atoms. The lowest BCUT2D eigenvalue weighted by Gasteiger charge is -2.00. The molecule has 1 aromatic rings. The highest BCUT2D eigenvalue weighted by atomic mass is 79.9. The predicted molar refractivity (Wildman–Crippen MR) is 50.9 cm³/mol. The Morgan fingerprint density at radius 2 is 2.36 bits per heavy atom. The lowest BCUT2D eigenvalue weighted by molar-refractivity contribution is 1.05. The molecule has 2 nitrogen and oxygen atoms in total. The van der Waals surface area contributed by atoms with Crippen molar-refractivity contribution in [1.82, 2.24) is 0 Å². The molecular weight excluding hydrogens is 204 g/mol. The van der Waals surface area contributed by atoms with Crippen molar-refractivity contribution in [3.63, 3.8) is 0 Å². The summed E-state index contributed by atoms with van der Waals surface area (Å²) in [5, 5.41) is 3.27. The van der Waals surface area contributed by atoms with E-state index in [4.69, 9.17) is 5.73 Å². The van der Waals surface area contributed by atoms with E-state index in [1.54, 1.807) is 0 Å². The van der Waals surface area contributed by atoms with Crippen LogP contribution < -0.4 is 11.1 Å². The summed E-state index contributed by atoms with van der Waals surface area (Å²) in [5.74, 6) is 0. The molecule has 0 bridgehead atoms. The number of anilines is 2. The fourth-order valence-corrected chi connectivity index (χ4v) is 1.91. The summed E-state index contributed by atoms with van der Waals surface area (Å²) in [6.07, 6.45) is 1.04. The summed E-state index contributed by atoms with van der Waals surface area (Å²) in [6, 6.07) is 5.97. The summed E-state index contributed by atoms with van der Waals surface area (Å²) < 4.78 is 0. The van der Waals surface area contributed by atoms with Crippen molar-refractivity contribution in [1.29, 1.82) is 0 Å². The van der Waals surface area contributed by atoms with Crippen LogP contribution in [0.25, 0.3) is 0 Å². The van der Waals surface area contributed by atoms with E-state index < -0.39 is 0 Å². The van der Waals surface area contributed by atoms with Gasteiger partial charge in [-0.3, -0.25) is 0 Å². The van der Waals surface area contributed by atoms with Crippen LogP contribution in [0.4, 0.5) is 11.4 Å². The minimum absolute atomic E-state index is 0.374. The first-order valence-electron chi connectivity index (χ1n) is 3.55. The molecule has 0 radical (unpaired) electrons. The first-order valence-corrected chi connectivity index (χ1v) is 4.46. The summed E-state index contributed by atoms with van der Waals surface area (Å²) >= 11 is 3.49. The molecule has 3 N–H and O–H groups in total. The quantitative estimate of drug-likeness (QED) is 0.392. The second-order valence-electron chi connectivity index (χ2n) is 2.73. The average molecular weight is 213 g/mol. The molecule has 0 aliphatic carbocycles. The Hall–Kier alpha value is -0.700. The lowest BCUT2D eigenvalue weighted by Crippen LogP contribution is -2.03. The third kappa shape index (κ3) is 1.20. The third-order valence-corrected chi connectivity index (χ3v) is 2.40. The second-order valence-corrected chi connectivity index (χ2v) is 3.84. The van der Waals surface area contributed by atoms with Gasteiger partial charge >= 0.3 is 0 Å². The normalized spacial score (nSPS) is 21.0. The van der Waals surface area contributed by atoms with Crippen molar-refractivity contribution < 1.29 is 0 Å². The van der Waals surface area contributed by atoms with Gasteiger partial charge in [-0.25, -0.2) is 0 Å². The zero-order valence-electron chi connectivity index (χ0n) is 5.97. The summed E-state index contributed by atoms with van der Waals surface area (Å²) in [7, 11) is 0. The Labute approximate surface area is 73.9 Å². The maximum absolute atomic E-state index is 5.62. The molecule has 0 fully saturated rings. The van der Waals surface area contributed by atoms with E-state index in [0.717, 1.165) is 17.8 Å². The molecule has 2 rings (SSSR count). The summed E-state index contributed by atoms with van der Waals surface area (Å²) in [6.45, 7) is 0. The smallest absolute Gasteiger partial charge is 0.0859 e. The molecule has 0 saturated heterocycles. The zero-order chi connectivity index (χ0) is 7.84. The first kappa shape index (κ1) is 6.98. The van der Waals surface area contributed by atoms with Gasteiger partial charge in [0.2, 0.25) is 0 Å². The number of alkyl halides is 1. The molecule has 0 amide bonds. The van der Waals surface area contributed by atoms with E-state index in [9.17, 15) is 0 Å². The van der Waals surface area contributed by atoms with Crippen LogP contribution in [-0.2, 0) is 6.42 Å². The van der Waals surface area contributed by atoms with Gasteiger partial charge in [-0.15, -0.1) is 0 Å². The molecule has 1 aromatic carbocycles. The summed E-state index contributed by atoms with van der Waals surface area (Å²) in [4.78, 5) is 0.374. The van der Waals surface area contributed by atoms with Crippen molar-refractivity contribution in [2.75, 3.05) is 11.1 Å². The number of hydrogen-bond donors (Lipinski definition) is 2. The van der Waals surface area contributed by atoms with Crippen LogP contribution in [0, 0.1) is 0 Å². The fraction of sp³-hybridized carbons (Fsp3) is 0.250. The van der Waals surface area contributed by atoms with Crippen molar-refractivity contribution in [3.8, 4) is 0 Å². The summed E-state index contributed by atoms with van der Waals surface area (Å²) in [5.41, 5.74) is 8.93. The number of nitrogen functional groups attached to an aromatic ring is 1. The van der Waals surface area contributed by atoms with Gasteiger partial charge in [-0.05, 0) is 17.7 Å². The Bertz CT molecular complexity index is 285. The Morgan fingerprint density at radius 3 is 3.18 bits per heavy atom. The molecular formula is C8H9BrN2. The Kier molecular flexibility index (Phi) is 1.53.